The Balaban J connectivity index is 1.49. The van der Waals surface area contributed by atoms with Crippen LogP contribution in [0.25, 0.3) is 0 Å². The molecular weight excluding hydrogens is 337 g/mol. The van der Waals surface area contributed by atoms with Gasteiger partial charge in [0.1, 0.15) is 5.76 Å². The van der Waals surface area contributed by atoms with E-state index in [1.165, 1.54) is 18.2 Å². The monoisotopic (exact) mass is 352 g/mol. The normalized spacial score (nSPS) is 19.3. The first kappa shape index (κ1) is 17.1. The zero-order chi connectivity index (χ0) is 18.0. The summed E-state index contributed by atoms with van der Waals surface area (Å²) in [6, 6.07) is 4.25. The van der Waals surface area contributed by atoms with Crippen molar-refractivity contribution >= 4 is 11.7 Å². The molecule has 1 aliphatic heterocycles. The van der Waals surface area contributed by atoms with Gasteiger partial charge in [-0.3, -0.25) is 9.59 Å². The van der Waals surface area contributed by atoms with Gasteiger partial charge in [-0.25, -0.2) is 0 Å². The van der Waals surface area contributed by atoms with Gasteiger partial charge in [0.2, 0.25) is 0 Å². The molecule has 0 bridgehead atoms. The van der Waals surface area contributed by atoms with E-state index in [0.29, 0.717) is 12.2 Å². The summed E-state index contributed by atoms with van der Waals surface area (Å²) in [6.45, 7) is 0.213. The van der Waals surface area contributed by atoms with Gasteiger partial charge in [0.05, 0.1) is 17.7 Å². The number of hydrogen-bond acceptors (Lipinski definition) is 4. The number of ketones is 1. The van der Waals surface area contributed by atoms with E-state index in [-0.39, 0.29) is 30.5 Å². The highest BCUT2D eigenvalue weighted by molar-refractivity contribution is 5.94. The molecule has 0 spiro atoms. The number of amides is 1. The van der Waals surface area contributed by atoms with Crippen LogP contribution in [0.15, 0.2) is 47.9 Å². The zero-order valence-corrected chi connectivity index (χ0v) is 13.0. The molecule has 3 rings (SSSR count). The molecule has 2 aliphatic rings. The molecule has 0 saturated carbocycles. The van der Waals surface area contributed by atoms with Crippen molar-refractivity contribution < 1.29 is 27.5 Å². The van der Waals surface area contributed by atoms with Gasteiger partial charge >= 0.3 is 6.18 Å². The maximum Gasteiger partial charge on any atom is 0.416 e. The second kappa shape index (κ2) is 6.62. The smallest absolute Gasteiger partial charge is 0.416 e. The van der Waals surface area contributed by atoms with Crippen LogP contribution in [0.1, 0.15) is 28.8 Å². The summed E-state index contributed by atoms with van der Waals surface area (Å²) in [5.41, 5.74) is -0.177. The van der Waals surface area contributed by atoms with Gasteiger partial charge in [-0.15, -0.1) is 0 Å². The minimum absolute atomic E-state index is 0.0425. The van der Waals surface area contributed by atoms with Crippen LogP contribution in [0.2, 0.25) is 0 Å². The highest BCUT2D eigenvalue weighted by atomic mass is 19.4. The molecule has 1 aromatic rings. The highest BCUT2D eigenvalue weighted by Gasteiger charge is 2.31. The Bertz CT molecular complexity index is 769. The van der Waals surface area contributed by atoms with Crippen LogP contribution in [0, 0.1) is 0 Å². The molecule has 1 unspecified atom stereocenters. The van der Waals surface area contributed by atoms with Crippen LogP contribution in [-0.2, 0) is 15.7 Å². The van der Waals surface area contributed by atoms with Crippen LogP contribution in [0.3, 0.4) is 0 Å². The minimum atomic E-state index is -4.49. The number of hydrogen-bond donors (Lipinski definition) is 2. The predicted molar refractivity (Wildman–Crippen MR) is 82.2 cm³/mol. The van der Waals surface area contributed by atoms with Crippen molar-refractivity contribution in [1.82, 2.24) is 10.6 Å². The molecule has 1 amide bonds. The molecule has 0 saturated heterocycles. The topological polar surface area (TPSA) is 67.4 Å². The Morgan fingerprint density at radius 1 is 1.32 bits per heavy atom. The molecule has 1 aliphatic carbocycles. The van der Waals surface area contributed by atoms with E-state index >= 15 is 0 Å². The lowest BCUT2D eigenvalue weighted by Gasteiger charge is -2.14. The quantitative estimate of drug-likeness (QED) is 0.874. The number of benzene rings is 1. The molecule has 0 fully saturated rings. The minimum Gasteiger partial charge on any atom is -0.472 e. The zero-order valence-electron chi connectivity index (χ0n) is 13.0. The van der Waals surface area contributed by atoms with E-state index in [1.54, 1.807) is 6.08 Å². The van der Waals surface area contributed by atoms with Crippen LogP contribution in [0.5, 0.6) is 0 Å². The summed E-state index contributed by atoms with van der Waals surface area (Å²) in [5, 5.41) is 5.64. The van der Waals surface area contributed by atoms with Gasteiger partial charge in [-0.2, -0.15) is 13.2 Å². The Morgan fingerprint density at radius 2 is 2.12 bits per heavy atom. The van der Waals surface area contributed by atoms with Gasteiger partial charge in [-0.05, 0) is 30.4 Å². The molecule has 0 radical (unpaired) electrons. The standard InChI is InChI=1S/C17H15F3N2O3/c18-17(19,20)11-3-1-2-10(8-11)16(24)21-7-6-15-22-13-5-4-12(23)9-14(13)25-15/h1-5,8,15,22H,6-7,9H2,(H,21,24). The average molecular weight is 352 g/mol. The lowest BCUT2D eigenvalue weighted by molar-refractivity contribution is -0.137. The summed E-state index contributed by atoms with van der Waals surface area (Å²) in [7, 11) is 0. The summed E-state index contributed by atoms with van der Waals surface area (Å²) in [6.07, 6.45) is -1.17. The maximum atomic E-state index is 12.7. The predicted octanol–water partition coefficient (Wildman–Crippen LogP) is 2.51. The third-order valence-corrected chi connectivity index (χ3v) is 3.82. The van der Waals surface area contributed by atoms with E-state index in [4.69, 9.17) is 4.74 Å². The molecule has 1 aromatic carbocycles. The lowest BCUT2D eigenvalue weighted by Crippen LogP contribution is -2.31. The summed E-state index contributed by atoms with van der Waals surface area (Å²) < 4.78 is 43.6. The third kappa shape index (κ3) is 4.01. The number of halogens is 3. The SMILES string of the molecule is O=C1C=CC2=C(C1)OC(CCNC(=O)c1cccc(C(F)(F)F)c1)N2. The van der Waals surface area contributed by atoms with Crippen molar-refractivity contribution in [3.63, 3.8) is 0 Å². The van der Waals surface area contributed by atoms with Crippen molar-refractivity contribution in [1.29, 1.82) is 0 Å². The fourth-order valence-electron chi connectivity index (χ4n) is 2.58. The van der Waals surface area contributed by atoms with Gasteiger partial charge in [0.25, 0.3) is 5.91 Å². The second-order valence-corrected chi connectivity index (χ2v) is 5.69. The number of carbonyl (C=O) groups is 2. The summed E-state index contributed by atoms with van der Waals surface area (Å²) in [5.74, 6) is -0.0577. The molecule has 1 atom stereocenters. The number of carbonyl (C=O) groups excluding carboxylic acids is 2. The van der Waals surface area contributed by atoms with Crippen molar-refractivity contribution in [3.05, 3.63) is 59.0 Å². The van der Waals surface area contributed by atoms with Crippen LogP contribution in [-0.4, -0.2) is 24.5 Å². The van der Waals surface area contributed by atoms with Crippen LogP contribution >= 0.6 is 0 Å². The van der Waals surface area contributed by atoms with Crippen LogP contribution in [0.4, 0.5) is 13.2 Å². The maximum absolute atomic E-state index is 12.7. The first-order valence-corrected chi connectivity index (χ1v) is 7.65. The third-order valence-electron chi connectivity index (χ3n) is 3.82. The highest BCUT2D eigenvalue weighted by Crippen LogP contribution is 2.29. The van der Waals surface area contributed by atoms with Crippen molar-refractivity contribution in [2.75, 3.05) is 6.54 Å². The summed E-state index contributed by atoms with van der Waals surface area (Å²) >= 11 is 0. The second-order valence-electron chi connectivity index (χ2n) is 5.69. The largest absolute Gasteiger partial charge is 0.472 e. The number of nitrogens with one attached hydrogen (secondary N) is 2. The van der Waals surface area contributed by atoms with E-state index in [0.717, 1.165) is 17.8 Å². The van der Waals surface area contributed by atoms with Crippen molar-refractivity contribution in [3.8, 4) is 0 Å². The Morgan fingerprint density at radius 3 is 2.88 bits per heavy atom. The lowest BCUT2D eigenvalue weighted by atomic mass is 10.1. The van der Waals surface area contributed by atoms with Gasteiger partial charge < -0.3 is 15.4 Å². The Hall–Kier alpha value is -2.77. The molecule has 2 N–H and O–H groups in total. The molecule has 0 aromatic heterocycles. The molecular formula is C17H15F3N2O3. The Kier molecular flexibility index (Phi) is 4.52. The van der Waals surface area contributed by atoms with Gasteiger partial charge in [-0.1, -0.05) is 6.07 Å². The Labute approximate surface area is 141 Å². The van der Waals surface area contributed by atoms with Crippen LogP contribution < -0.4 is 10.6 Å². The number of ether oxygens (including phenoxy) is 1. The fraction of sp³-hybridized carbons (Fsp3) is 0.294. The number of allylic oxidation sites excluding steroid dienone is 3. The fourth-order valence-corrected chi connectivity index (χ4v) is 2.58. The molecule has 132 valence electrons. The first-order chi connectivity index (χ1) is 11.8. The van der Waals surface area contributed by atoms with Crippen molar-refractivity contribution in [2.24, 2.45) is 0 Å². The van der Waals surface area contributed by atoms with Gasteiger partial charge in [0.15, 0.2) is 12.0 Å². The average Bonchev–Trinajstić information content (AvgIpc) is 2.96. The number of alkyl halides is 3. The van der Waals surface area contributed by atoms with E-state index in [1.807, 2.05) is 0 Å². The first-order valence-electron chi connectivity index (χ1n) is 7.65. The molecule has 25 heavy (non-hydrogen) atoms. The summed E-state index contributed by atoms with van der Waals surface area (Å²) in [4.78, 5) is 23.3. The number of rotatable bonds is 4. The van der Waals surface area contributed by atoms with Crippen molar-refractivity contribution in [2.45, 2.75) is 25.2 Å². The molecule has 5 nitrogen and oxygen atoms in total. The molecule has 8 heteroatoms. The molecule has 1 heterocycles. The van der Waals surface area contributed by atoms with Gasteiger partial charge in [0, 0.05) is 18.5 Å². The van der Waals surface area contributed by atoms with E-state index in [9.17, 15) is 22.8 Å². The van der Waals surface area contributed by atoms with E-state index in [2.05, 4.69) is 10.6 Å². The van der Waals surface area contributed by atoms with E-state index < -0.39 is 17.6 Å².